The van der Waals surface area contributed by atoms with Gasteiger partial charge in [0.1, 0.15) is 24.7 Å². The summed E-state index contributed by atoms with van der Waals surface area (Å²) in [6.45, 7) is 5.83. The zero-order valence-electron chi connectivity index (χ0n) is 25.6. The molecule has 0 heterocycles. The van der Waals surface area contributed by atoms with Crippen molar-refractivity contribution in [2.75, 3.05) is 37.9 Å². The summed E-state index contributed by atoms with van der Waals surface area (Å²) in [7, 11) is 0. The molecule has 0 aliphatic rings. The van der Waals surface area contributed by atoms with Crippen molar-refractivity contribution in [2.24, 2.45) is 0 Å². The van der Waals surface area contributed by atoms with Crippen LogP contribution in [0, 0.1) is 0 Å². The molecule has 0 saturated heterocycles. The Morgan fingerprint density at radius 1 is 0.698 bits per heavy atom. The predicted octanol–water partition coefficient (Wildman–Crippen LogP) is 5.71. The molecule has 2 radical (unpaired) electrons. The molecule has 2 aromatic carbocycles. The molecule has 0 spiro atoms. The fourth-order valence-electron chi connectivity index (χ4n) is 2.83. The fraction of sp³-hybridized carbons (Fsp3) is 0.562. The number of hydrogen-bond acceptors (Lipinski definition) is 10. The number of hydrogen-bond donors (Lipinski definition) is 4. The molecule has 0 saturated carbocycles. The van der Waals surface area contributed by atoms with Gasteiger partial charge in [-0.1, -0.05) is 36.4 Å². The van der Waals surface area contributed by atoms with Crippen molar-refractivity contribution >= 4 is 58.3 Å². The van der Waals surface area contributed by atoms with Gasteiger partial charge in [-0.3, -0.25) is 0 Å². The Morgan fingerprint density at radius 2 is 1.07 bits per heavy atom. The van der Waals surface area contributed by atoms with Gasteiger partial charge in [0.2, 0.25) is 0 Å². The Balaban J connectivity index is 0.000000640. The molecule has 0 amide bonds. The van der Waals surface area contributed by atoms with Gasteiger partial charge in [-0.15, -0.1) is 0 Å². The summed E-state index contributed by atoms with van der Waals surface area (Å²) in [5.74, 6) is 2.23. The van der Waals surface area contributed by atoms with E-state index >= 15 is 0 Å². The minimum atomic E-state index is -0.602. The Kier molecular flexibility index (Phi) is 29.3. The molecule has 2 N–H and O–H groups in total. The summed E-state index contributed by atoms with van der Waals surface area (Å²) >= 11 is 7.26. The molecular formula is C32H50O8S2Sn. The third-order valence-corrected chi connectivity index (χ3v) is 9.61. The number of ether oxygens (including phenoxy) is 4. The molecule has 2 unspecified atom stereocenters. The number of carbonyl (C=O) groups excluding carboxylic acids is 2. The number of esters is 2. The van der Waals surface area contributed by atoms with Gasteiger partial charge in [0.05, 0.1) is 12.2 Å². The van der Waals surface area contributed by atoms with Gasteiger partial charge in [-0.05, 0) is 24.3 Å². The third-order valence-electron chi connectivity index (χ3n) is 5.33. The zero-order valence-corrected chi connectivity index (χ0v) is 30.2. The Bertz CT molecular complexity index is 835. The van der Waals surface area contributed by atoms with Crippen LogP contribution in [0.15, 0.2) is 60.7 Å². The van der Waals surface area contributed by atoms with E-state index in [-0.39, 0.29) is 11.9 Å². The van der Waals surface area contributed by atoms with Crippen LogP contribution in [0.3, 0.4) is 0 Å². The second kappa shape index (κ2) is 30.4. The smallest absolute Gasteiger partial charge is 0.119 e. The second-order valence-corrected chi connectivity index (χ2v) is 14.3. The van der Waals surface area contributed by atoms with Crippen LogP contribution in [-0.4, -0.2) is 93.4 Å². The van der Waals surface area contributed by atoms with E-state index < -0.39 is 33.4 Å². The molecular weight excluding hydrogens is 695 g/mol. The second-order valence-electron chi connectivity index (χ2n) is 9.32. The van der Waals surface area contributed by atoms with Gasteiger partial charge in [-0.25, -0.2) is 0 Å². The van der Waals surface area contributed by atoms with E-state index in [1.807, 2.05) is 60.7 Å². The first-order valence-electron chi connectivity index (χ1n) is 14.8. The standard InChI is InChI=1S/2C9H12O2S.2C7H13O2.Sn/c2*10-8(7-12)6-11-9-4-2-1-3-5-9;2*1-3-5-6-9-7(8)4-2;/h2*1-5,8,10,12H,6-7H2;2*2-6H2,1H3;. The average Bonchev–Trinajstić information content (AvgIpc) is 3.04. The quantitative estimate of drug-likeness (QED) is 0.0592. The first-order valence-corrected chi connectivity index (χ1v) is 20.1. The van der Waals surface area contributed by atoms with Crippen LogP contribution in [-0.2, 0) is 19.1 Å². The predicted molar refractivity (Wildman–Crippen MR) is 180 cm³/mol. The number of unbranched alkanes of at least 4 members (excludes halogenated alkanes) is 2. The molecule has 11 heteroatoms. The molecule has 0 aliphatic carbocycles. The number of carbonyl (C=O) groups is 2. The third kappa shape index (κ3) is 27.7. The van der Waals surface area contributed by atoms with E-state index in [4.69, 9.17) is 29.2 Å². The zero-order chi connectivity index (χ0) is 32.0. The van der Waals surface area contributed by atoms with Crippen LogP contribution >= 0.6 is 25.3 Å². The van der Waals surface area contributed by atoms with Crippen LogP contribution in [0.1, 0.15) is 52.4 Å². The van der Waals surface area contributed by atoms with Crippen molar-refractivity contribution in [3.8, 4) is 11.5 Å². The molecule has 8 nitrogen and oxygen atoms in total. The van der Waals surface area contributed by atoms with Gasteiger partial charge < -0.3 is 19.7 Å². The molecule has 43 heavy (non-hydrogen) atoms. The Labute approximate surface area is 279 Å². The van der Waals surface area contributed by atoms with E-state index in [9.17, 15) is 9.59 Å². The minimum absolute atomic E-state index is 0.0835. The summed E-state index contributed by atoms with van der Waals surface area (Å²) < 4.78 is 22.6. The largest absolute Gasteiger partial charge is 0.491 e. The van der Waals surface area contributed by atoms with Crippen molar-refractivity contribution in [1.82, 2.24) is 0 Å². The van der Waals surface area contributed by atoms with Crippen LogP contribution < -0.4 is 9.47 Å². The Hall–Kier alpha value is -1.60. The SMILES string of the molecule is CCCCOC(=O)C[CH2][Sn][CH2]CC(=O)OCCCC.OC(CS)COc1ccccc1.OC(CS)COc1ccccc1. The van der Waals surface area contributed by atoms with E-state index in [0.29, 0.717) is 50.8 Å². The molecule has 0 bridgehead atoms. The van der Waals surface area contributed by atoms with Gasteiger partial charge in [0, 0.05) is 11.5 Å². The van der Waals surface area contributed by atoms with Crippen LogP contribution in [0.5, 0.6) is 11.5 Å². The van der Waals surface area contributed by atoms with Gasteiger partial charge in [0.25, 0.3) is 0 Å². The fourth-order valence-corrected chi connectivity index (χ4v) is 5.93. The van der Waals surface area contributed by atoms with E-state index in [2.05, 4.69) is 39.1 Å². The van der Waals surface area contributed by atoms with Gasteiger partial charge in [0.15, 0.2) is 0 Å². The number of rotatable bonds is 20. The molecule has 2 atom stereocenters. The maximum atomic E-state index is 11.3. The van der Waals surface area contributed by atoms with Gasteiger partial charge in [-0.2, -0.15) is 25.3 Å². The van der Waals surface area contributed by atoms with Crippen LogP contribution in [0.2, 0.25) is 8.87 Å². The van der Waals surface area contributed by atoms with E-state index in [1.54, 1.807) is 0 Å². The minimum Gasteiger partial charge on any atom is -0.491 e. The summed E-state index contributed by atoms with van der Waals surface area (Å²) in [5.41, 5.74) is 0. The molecule has 0 aliphatic heterocycles. The van der Waals surface area contributed by atoms with E-state index in [1.165, 1.54) is 0 Å². The Morgan fingerprint density at radius 3 is 1.40 bits per heavy atom. The normalized spacial score (nSPS) is 11.5. The summed E-state index contributed by atoms with van der Waals surface area (Å²) in [6, 6.07) is 18.8. The van der Waals surface area contributed by atoms with Gasteiger partial charge >= 0.3 is 127 Å². The monoisotopic (exact) mass is 746 g/mol. The summed E-state index contributed by atoms with van der Waals surface area (Å²) in [4.78, 5) is 22.6. The number of thiol groups is 2. The van der Waals surface area contributed by atoms with E-state index in [0.717, 1.165) is 46.1 Å². The molecule has 242 valence electrons. The molecule has 2 aromatic rings. The first-order chi connectivity index (χ1) is 20.9. The average molecular weight is 746 g/mol. The number of aliphatic hydroxyl groups excluding tert-OH is 2. The van der Waals surface area contributed by atoms with Crippen molar-refractivity contribution in [1.29, 1.82) is 0 Å². The molecule has 0 aromatic heterocycles. The first kappa shape index (κ1) is 41.4. The van der Waals surface area contributed by atoms with Crippen molar-refractivity contribution in [2.45, 2.75) is 73.5 Å². The maximum absolute atomic E-state index is 11.3. The topological polar surface area (TPSA) is 112 Å². The maximum Gasteiger partial charge on any atom is 0.119 e. The van der Waals surface area contributed by atoms with Crippen molar-refractivity contribution in [3.05, 3.63) is 60.7 Å². The summed E-state index contributed by atoms with van der Waals surface area (Å²) in [6.07, 6.45) is 4.04. The van der Waals surface area contributed by atoms with Crippen LogP contribution in [0.4, 0.5) is 0 Å². The molecule has 2 rings (SSSR count). The summed E-state index contributed by atoms with van der Waals surface area (Å²) in [5, 5.41) is 18.2. The number of benzene rings is 2. The van der Waals surface area contributed by atoms with Crippen molar-refractivity contribution < 1.29 is 38.7 Å². The van der Waals surface area contributed by atoms with Crippen LogP contribution in [0.25, 0.3) is 0 Å². The number of aliphatic hydroxyl groups is 2. The van der Waals surface area contributed by atoms with Crippen molar-refractivity contribution in [3.63, 3.8) is 0 Å². The molecule has 0 fully saturated rings. The number of para-hydroxylation sites is 2.